The molecule has 0 amide bonds. The van der Waals surface area contributed by atoms with Gasteiger partial charge in [0, 0.05) is 0 Å². The Kier molecular flexibility index (Phi) is 32.7. The van der Waals surface area contributed by atoms with E-state index >= 15 is 0 Å². The molecule has 3 heteroatoms. The highest BCUT2D eigenvalue weighted by Gasteiger charge is 2.55. The van der Waals surface area contributed by atoms with E-state index in [1.54, 1.807) is 43.0 Å². The minimum absolute atomic E-state index is 0.0115. The van der Waals surface area contributed by atoms with Gasteiger partial charge in [-0.1, -0.05) is 464 Å². The predicted octanol–water partition coefficient (Wildman–Crippen LogP) is 35.2. The largest absolute Gasteiger partial charge is 0.442 e. The maximum Gasteiger partial charge on any atom is 0.273 e. The second-order valence-electron chi connectivity index (χ2n) is 63.9. The Bertz CT molecular complexity index is 3680. The summed E-state index contributed by atoms with van der Waals surface area (Å²) in [5.41, 5.74) is 14.1. The topological polar surface area (TPSA) is 9.23 Å². The number of rotatable bonds is 30. The van der Waals surface area contributed by atoms with Crippen LogP contribution < -0.4 is 20.7 Å². The second kappa shape index (κ2) is 35.7. The Morgan fingerprint density at radius 3 is 0.333 bits per heavy atom. The average Bonchev–Trinajstić information content (AvgIpc) is 0.699. The smallest absolute Gasteiger partial charge is 0.273 e. The van der Waals surface area contributed by atoms with Crippen LogP contribution in [0.4, 0.5) is 0 Å². The molecule has 0 unspecified atom stereocenters. The first-order valence-electron chi connectivity index (χ1n) is 49.5. The molecule has 4 aromatic rings. The van der Waals surface area contributed by atoms with Crippen LogP contribution in [0.3, 0.4) is 0 Å². The number of hydrogen-bond donors (Lipinski definition) is 0. The van der Waals surface area contributed by atoms with Crippen LogP contribution in [-0.4, -0.2) is 18.1 Å². The van der Waals surface area contributed by atoms with E-state index in [0.717, 1.165) is 77.0 Å². The summed E-state index contributed by atoms with van der Waals surface area (Å²) >= 11 is 0. The van der Waals surface area contributed by atoms with Gasteiger partial charge in [0.15, 0.2) is 0 Å². The standard InChI is InChI=1S/C120H212OSi2/c1-97(2,3)69-109(37,38)81-61-65-85(113(45,46)73-101(13,14)15)93(89(81)117(53,54)77-105(25,26)27)122(94-86(114(47,48)74-102(16,17)18)66-62-82(110(39,40)70-98(4,5)6)90(94)118(55,56)78-106(28,29)30)121-123(95-87(115(49,50)75-103(19,20)21)67-63-83(111(41,42)71-99(7,8)9)91(95)119(57,58)79-107(31,32)33)96-88(116(51,52)76-104(22,23)24)68-64-84(112(43,44)72-100(10,11)12)92(96)120(59,60)80-108(34,35)36/h61-68H,69-80H2,1-60H3. The van der Waals surface area contributed by atoms with Crippen molar-refractivity contribution in [1.29, 1.82) is 0 Å². The highest BCUT2D eigenvalue weighted by Crippen LogP contribution is 2.55. The molecule has 0 aliphatic rings. The van der Waals surface area contributed by atoms with Crippen molar-refractivity contribution in [2.45, 2.75) is 557 Å². The lowest BCUT2D eigenvalue weighted by Gasteiger charge is -2.49. The predicted molar refractivity (Wildman–Crippen MR) is 562 cm³/mol. The van der Waals surface area contributed by atoms with E-state index in [4.69, 9.17) is 0 Å². The number of benzene rings is 4. The first-order chi connectivity index (χ1) is 53.4. The molecule has 0 spiro atoms. The molecule has 0 aliphatic carbocycles. The molecule has 0 aromatic heterocycles. The molecule has 0 fully saturated rings. The maximum atomic E-state index is 11.0. The third kappa shape index (κ3) is 31.2. The first-order valence-corrected chi connectivity index (χ1v) is 52.4. The van der Waals surface area contributed by atoms with Gasteiger partial charge in [0.05, 0.1) is 0 Å². The molecule has 0 N–H and O–H groups in total. The Labute approximate surface area is 775 Å². The SMILES string of the molecule is CC(C)(C)CC(C)(C)c1ccc(C(C)(C)CC(C)(C)C)c(C(C)(C)CC(C)(C)C)c1[Si](O[Si](c1c(C(C)(C)CC(C)(C)C)ccc(C(C)(C)CC(C)(C)C)c1C(C)(C)CC(C)(C)C)c1c(C(C)(C)CC(C)(C)C)ccc(C(C)(C)CC(C)(C)C)c1C(C)(C)CC(C)(C)C)c1c(C(C)(C)CC(C)(C)C)ccc(C(C)(C)CC(C)(C)C)c1C(C)(C)CC(C)(C)C. The van der Waals surface area contributed by atoms with E-state index in [2.05, 4.69) is 464 Å². The van der Waals surface area contributed by atoms with Crippen molar-refractivity contribution in [3.05, 3.63) is 115 Å². The lowest BCUT2D eigenvalue weighted by atomic mass is 9.63. The van der Waals surface area contributed by atoms with Crippen LogP contribution in [-0.2, 0) is 69.1 Å². The van der Waals surface area contributed by atoms with Gasteiger partial charge in [0.1, 0.15) is 0 Å². The van der Waals surface area contributed by atoms with Crippen molar-refractivity contribution < 1.29 is 4.12 Å². The molecule has 4 aromatic carbocycles. The summed E-state index contributed by atoms with van der Waals surface area (Å²) in [6.07, 6.45) is 12.1. The van der Waals surface area contributed by atoms with Crippen LogP contribution in [0.15, 0.2) is 48.5 Å². The molecular weight excluding hydrogens is 1510 g/mol. The lowest BCUT2D eigenvalue weighted by Crippen LogP contribution is -2.65. The Morgan fingerprint density at radius 1 is 0.138 bits per heavy atom. The minimum atomic E-state index is -2.80. The highest BCUT2D eigenvalue weighted by atomic mass is 28.4. The molecule has 2 radical (unpaired) electrons. The van der Waals surface area contributed by atoms with Gasteiger partial charge in [0.25, 0.3) is 18.1 Å². The van der Waals surface area contributed by atoms with Crippen LogP contribution >= 0.6 is 0 Å². The van der Waals surface area contributed by atoms with Gasteiger partial charge >= 0.3 is 0 Å². The van der Waals surface area contributed by atoms with Crippen molar-refractivity contribution in [2.75, 3.05) is 0 Å². The fourth-order valence-corrected chi connectivity index (χ4v) is 36.7. The Morgan fingerprint density at radius 2 is 0.228 bits per heavy atom. The van der Waals surface area contributed by atoms with E-state index in [-0.39, 0.29) is 130 Å². The molecule has 0 heterocycles. The molecule has 1 nitrogen and oxygen atoms in total. The van der Waals surface area contributed by atoms with Gasteiger partial charge in [-0.05, 0) is 295 Å². The maximum absolute atomic E-state index is 11.0. The fraction of sp³-hybridized carbons (Fsp3) is 0.800. The number of hydrogen-bond acceptors (Lipinski definition) is 1. The molecule has 0 saturated carbocycles. The Balaban J connectivity index is 3.45. The zero-order valence-electron chi connectivity index (χ0n) is 94.5. The molecule has 4 rings (SSSR count). The summed E-state index contributed by atoms with van der Waals surface area (Å²) in [4.78, 5) is 0. The molecule has 0 bridgehead atoms. The highest BCUT2D eigenvalue weighted by molar-refractivity contribution is 6.93. The molecule has 0 saturated heterocycles. The molecule has 706 valence electrons. The van der Waals surface area contributed by atoms with Gasteiger partial charge in [-0.25, -0.2) is 0 Å². The zero-order chi connectivity index (χ0) is 97.2. The normalized spacial score (nSPS) is 15.4. The van der Waals surface area contributed by atoms with E-state index < -0.39 is 18.1 Å². The molecule has 0 atom stereocenters. The van der Waals surface area contributed by atoms with Crippen molar-refractivity contribution in [3.63, 3.8) is 0 Å². The molecule has 0 aliphatic heterocycles. The van der Waals surface area contributed by atoms with Crippen LogP contribution in [0.1, 0.15) is 559 Å². The summed E-state index contributed by atoms with van der Waals surface area (Å²) < 4.78 is 11.0. The van der Waals surface area contributed by atoms with Crippen molar-refractivity contribution in [2.24, 2.45) is 65.0 Å². The van der Waals surface area contributed by atoms with Crippen LogP contribution in [0.5, 0.6) is 0 Å². The lowest BCUT2D eigenvalue weighted by molar-refractivity contribution is 0.262. The van der Waals surface area contributed by atoms with Crippen molar-refractivity contribution in [3.8, 4) is 0 Å². The van der Waals surface area contributed by atoms with Crippen molar-refractivity contribution >= 4 is 38.8 Å². The first kappa shape index (κ1) is 113. The van der Waals surface area contributed by atoms with Crippen LogP contribution in [0.2, 0.25) is 0 Å². The quantitative estimate of drug-likeness (QED) is 0.0473. The summed E-state index contributed by atoms with van der Waals surface area (Å²) in [7, 11) is -5.60. The third-order valence-electron chi connectivity index (χ3n) is 26.1. The van der Waals surface area contributed by atoms with E-state index in [0.29, 0.717) is 0 Å². The summed E-state index contributed by atoms with van der Waals surface area (Å²) in [6.45, 7) is 156. The van der Waals surface area contributed by atoms with Gasteiger partial charge in [-0.2, -0.15) is 0 Å². The summed E-state index contributed by atoms with van der Waals surface area (Å²) in [6, 6.07) is 22.2. The van der Waals surface area contributed by atoms with Gasteiger partial charge in [0.2, 0.25) is 0 Å². The summed E-state index contributed by atoms with van der Waals surface area (Å²) in [5.74, 6) is 0. The van der Waals surface area contributed by atoms with Gasteiger partial charge < -0.3 is 4.12 Å². The van der Waals surface area contributed by atoms with E-state index in [1.807, 2.05) is 0 Å². The fourth-order valence-electron chi connectivity index (χ4n) is 28.3. The summed E-state index contributed by atoms with van der Waals surface area (Å²) in [5, 5.41) is 6.23. The van der Waals surface area contributed by atoms with Gasteiger partial charge in [-0.15, -0.1) is 0 Å². The van der Waals surface area contributed by atoms with Crippen LogP contribution in [0, 0.1) is 65.0 Å². The third-order valence-corrected chi connectivity index (χ3v) is 31.7. The molecule has 123 heavy (non-hydrogen) atoms. The molecular formula is C120H212OSi2. The van der Waals surface area contributed by atoms with Crippen molar-refractivity contribution in [1.82, 2.24) is 0 Å². The average molecular weight is 1730 g/mol. The van der Waals surface area contributed by atoms with Crippen LogP contribution in [0.25, 0.3) is 0 Å². The Hall–Kier alpha value is -2.73. The zero-order valence-corrected chi connectivity index (χ0v) is 96.5. The second-order valence-corrected chi connectivity index (χ2v) is 68.0. The monoisotopic (exact) mass is 1730 g/mol. The minimum Gasteiger partial charge on any atom is -0.442 e. The van der Waals surface area contributed by atoms with Gasteiger partial charge in [-0.3, -0.25) is 0 Å². The van der Waals surface area contributed by atoms with E-state index in [9.17, 15) is 4.12 Å². The van der Waals surface area contributed by atoms with E-state index in [1.165, 1.54) is 44.5 Å².